The van der Waals surface area contributed by atoms with Gasteiger partial charge in [0.05, 0.1) is 29.2 Å². The van der Waals surface area contributed by atoms with Crippen molar-refractivity contribution >= 4 is 33.3 Å². The van der Waals surface area contributed by atoms with Crippen molar-refractivity contribution in [3.05, 3.63) is 94.0 Å². The number of hydrogen-bond acceptors (Lipinski definition) is 5. The van der Waals surface area contributed by atoms with Crippen LogP contribution in [0.25, 0.3) is 0 Å². The van der Waals surface area contributed by atoms with Gasteiger partial charge in [0.2, 0.25) is 0 Å². The standard InChI is InChI=1S/C25H26Cl2O5S/c1-19-9-12-23(13-10-19)33(28,29)32-15-5-8-22(30-17-20-6-3-2-4-7-20)18-31-25-14-11-21(26)16-24(25)27/h2-4,6-7,9-14,16,22H,5,8,15,17-18H2,1H3. The normalized spacial score (nSPS) is 12.5. The van der Waals surface area contributed by atoms with Gasteiger partial charge >= 0.3 is 0 Å². The number of aryl methyl sites for hydroxylation is 1. The Balaban J connectivity index is 1.55. The highest BCUT2D eigenvalue weighted by molar-refractivity contribution is 7.86. The molecule has 0 bridgehead atoms. The van der Waals surface area contributed by atoms with Crippen LogP contribution in [0.5, 0.6) is 5.75 Å². The second-order valence-electron chi connectivity index (χ2n) is 7.54. The Morgan fingerprint density at radius 1 is 0.939 bits per heavy atom. The maximum absolute atomic E-state index is 12.4. The fraction of sp³-hybridized carbons (Fsp3) is 0.280. The fourth-order valence-electron chi connectivity index (χ4n) is 3.03. The maximum atomic E-state index is 12.4. The topological polar surface area (TPSA) is 61.8 Å². The van der Waals surface area contributed by atoms with E-state index in [-0.39, 0.29) is 24.2 Å². The SMILES string of the molecule is Cc1ccc(S(=O)(=O)OCCCC(COc2ccc(Cl)cc2Cl)OCc2ccccc2)cc1. The van der Waals surface area contributed by atoms with E-state index in [0.717, 1.165) is 11.1 Å². The van der Waals surface area contributed by atoms with Gasteiger partial charge in [0.15, 0.2) is 0 Å². The summed E-state index contributed by atoms with van der Waals surface area (Å²) in [5.41, 5.74) is 2.01. The third kappa shape index (κ3) is 8.32. The fourth-order valence-corrected chi connectivity index (χ4v) is 4.44. The van der Waals surface area contributed by atoms with Crippen molar-refractivity contribution in [2.24, 2.45) is 0 Å². The zero-order chi connectivity index (χ0) is 23.7. The minimum atomic E-state index is -3.80. The average molecular weight is 509 g/mol. The van der Waals surface area contributed by atoms with Crippen molar-refractivity contribution in [2.75, 3.05) is 13.2 Å². The van der Waals surface area contributed by atoms with E-state index < -0.39 is 10.1 Å². The Bertz CT molecular complexity index is 1120. The summed E-state index contributed by atoms with van der Waals surface area (Å²) in [4.78, 5) is 0.144. The van der Waals surface area contributed by atoms with E-state index in [2.05, 4.69) is 0 Å². The molecule has 0 heterocycles. The van der Waals surface area contributed by atoms with Crippen molar-refractivity contribution in [2.45, 2.75) is 37.4 Å². The Hall–Kier alpha value is -2.09. The lowest BCUT2D eigenvalue weighted by Crippen LogP contribution is -2.23. The first-order chi connectivity index (χ1) is 15.8. The van der Waals surface area contributed by atoms with Crippen LogP contribution in [0.1, 0.15) is 24.0 Å². The molecule has 3 rings (SSSR count). The summed E-state index contributed by atoms with van der Waals surface area (Å²) in [6.45, 7) is 2.60. The largest absolute Gasteiger partial charge is 0.489 e. The van der Waals surface area contributed by atoms with E-state index in [4.69, 9.17) is 36.9 Å². The zero-order valence-electron chi connectivity index (χ0n) is 18.2. The van der Waals surface area contributed by atoms with E-state index in [9.17, 15) is 8.42 Å². The third-order valence-electron chi connectivity index (χ3n) is 4.87. The molecule has 0 spiro atoms. The molecule has 1 atom stereocenters. The third-order valence-corrected chi connectivity index (χ3v) is 6.72. The lowest BCUT2D eigenvalue weighted by Gasteiger charge is -2.19. The summed E-state index contributed by atoms with van der Waals surface area (Å²) in [6, 6.07) is 21.4. The second kappa shape index (κ2) is 12.4. The molecule has 0 aromatic heterocycles. The van der Waals surface area contributed by atoms with Crippen LogP contribution in [0.4, 0.5) is 0 Å². The first-order valence-electron chi connectivity index (χ1n) is 10.5. The van der Waals surface area contributed by atoms with Gasteiger partial charge in [-0.1, -0.05) is 71.2 Å². The molecule has 3 aromatic rings. The molecule has 0 fully saturated rings. The molecule has 0 aliphatic carbocycles. The minimum Gasteiger partial charge on any atom is -0.489 e. The monoisotopic (exact) mass is 508 g/mol. The first kappa shape index (κ1) is 25.5. The van der Waals surface area contributed by atoms with E-state index in [1.165, 1.54) is 0 Å². The van der Waals surface area contributed by atoms with Crippen LogP contribution in [0, 0.1) is 6.92 Å². The van der Waals surface area contributed by atoms with Crippen molar-refractivity contribution in [3.8, 4) is 5.75 Å². The van der Waals surface area contributed by atoms with Gasteiger partial charge in [-0.2, -0.15) is 8.42 Å². The summed E-state index contributed by atoms with van der Waals surface area (Å²) in [6.07, 6.45) is 0.728. The van der Waals surface area contributed by atoms with Crippen molar-refractivity contribution < 1.29 is 22.1 Å². The molecule has 1 unspecified atom stereocenters. The summed E-state index contributed by atoms with van der Waals surface area (Å²) in [5, 5.41) is 0.938. The van der Waals surface area contributed by atoms with Gasteiger partial charge in [0.25, 0.3) is 10.1 Å². The molecule has 0 radical (unpaired) electrons. The molecule has 0 amide bonds. The Labute approximate surface area is 205 Å². The number of benzene rings is 3. The van der Waals surface area contributed by atoms with E-state index in [1.54, 1.807) is 42.5 Å². The lowest BCUT2D eigenvalue weighted by atomic mass is 10.2. The number of halogens is 2. The Kier molecular flexibility index (Phi) is 9.59. The van der Waals surface area contributed by atoms with Gasteiger partial charge in [-0.25, -0.2) is 0 Å². The highest BCUT2D eigenvalue weighted by atomic mass is 35.5. The molecular formula is C25H26Cl2O5S. The van der Waals surface area contributed by atoms with Gasteiger partial charge in [0, 0.05) is 5.02 Å². The first-order valence-corrected chi connectivity index (χ1v) is 12.7. The zero-order valence-corrected chi connectivity index (χ0v) is 20.6. The molecule has 0 N–H and O–H groups in total. The Morgan fingerprint density at radius 3 is 2.36 bits per heavy atom. The maximum Gasteiger partial charge on any atom is 0.296 e. The molecule has 8 heteroatoms. The molecule has 176 valence electrons. The average Bonchev–Trinajstić information content (AvgIpc) is 2.80. The molecule has 33 heavy (non-hydrogen) atoms. The predicted octanol–water partition coefficient (Wildman–Crippen LogP) is 6.45. The molecular weight excluding hydrogens is 483 g/mol. The number of hydrogen-bond donors (Lipinski definition) is 0. The minimum absolute atomic E-state index is 0.0447. The second-order valence-corrected chi connectivity index (χ2v) is 9.99. The molecule has 0 saturated carbocycles. The van der Waals surface area contributed by atoms with Crippen LogP contribution < -0.4 is 4.74 Å². The summed E-state index contributed by atoms with van der Waals surface area (Å²) in [5.74, 6) is 0.507. The van der Waals surface area contributed by atoms with Crippen molar-refractivity contribution in [3.63, 3.8) is 0 Å². The highest BCUT2D eigenvalue weighted by Crippen LogP contribution is 2.28. The number of ether oxygens (including phenoxy) is 2. The van der Waals surface area contributed by atoms with Crippen LogP contribution in [0.15, 0.2) is 77.7 Å². The number of rotatable bonds is 12. The van der Waals surface area contributed by atoms with Gasteiger partial charge < -0.3 is 9.47 Å². The molecule has 0 aliphatic heterocycles. The quantitative estimate of drug-likeness (QED) is 0.207. The van der Waals surface area contributed by atoms with Crippen molar-refractivity contribution in [1.82, 2.24) is 0 Å². The predicted molar refractivity (Wildman–Crippen MR) is 131 cm³/mol. The molecule has 0 saturated heterocycles. The summed E-state index contributed by atoms with van der Waals surface area (Å²) >= 11 is 12.1. The van der Waals surface area contributed by atoms with Crippen molar-refractivity contribution in [1.29, 1.82) is 0 Å². The molecule has 5 nitrogen and oxygen atoms in total. The van der Waals surface area contributed by atoms with Gasteiger partial charge in [-0.05, 0) is 55.7 Å². The highest BCUT2D eigenvalue weighted by Gasteiger charge is 2.17. The summed E-state index contributed by atoms with van der Waals surface area (Å²) < 4.78 is 41.8. The van der Waals surface area contributed by atoms with Gasteiger partial charge in [-0.15, -0.1) is 0 Å². The van der Waals surface area contributed by atoms with E-state index >= 15 is 0 Å². The van der Waals surface area contributed by atoms with Crippen LogP contribution in [0.3, 0.4) is 0 Å². The van der Waals surface area contributed by atoms with Gasteiger partial charge in [0.1, 0.15) is 12.4 Å². The lowest BCUT2D eigenvalue weighted by molar-refractivity contribution is 0.00185. The van der Waals surface area contributed by atoms with Crippen LogP contribution in [-0.4, -0.2) is 27.7 Å². The molecule has 3 aromatic carbocycles. The Morgan fingerprint density at radius 2 is 1.67 bits per heavy atom. The van der Waals surface area contributed by atoms with Crippen LogP contribution in [-0.2, 0) is 25.6 Å². The summed E-state index contributed by atoms with van der Waals surface area (Å²) in [7, 11) is -3.80. The van der Waals surface area contributed by atoms with Crippen LogP contribution in [0.2, 0.25) is 10.0 Å². The van der Waals surface area contributed by atoms with Gasteiger partial charge in [-0.3, -0.25) is 4.18 Å². The molecule has 0 aliphatic rings. The van der Waals surface area contributed by atoms with E-state index in [1.807, 2.05) is 37.3 Å². The smallest absolute Gasteiger partial charge is 0.296 e. The van der Waals surface area contributed by atoms with Crippen LogP contribution >= 0.6 is 23.2 Å². The van der Waals surface area contributed by atoms with E-state index in [0.29, 0.717) is 35.2 Å².